The molecule has 3 aromatic rings. The molecule has 4 rings (SSSR count). The van der Waals surface area contributed by atoms with Gasteiger partial charge in [-0.15, -0.1) is 11.3 Å². The van der Waals surface area contributed by atoms with Gasteiger partial charge in [-0.25, -0.2) is 4.79 Å². The van der Waals surface area contributed by atoms with Crippen LogP contribution in [0.3, 0.4) is 0 Å². The molecule has 0 spiro atoms. The number of amides is 1. The Morgan fingerprint density at radius 1 is 1.00 bits per heavy atom. The van der Waals surface area contributed by atoms with Crippen LogP contribution in [0.5, 0.6) is 5.75 Å². The fourth-order valence-electron chi connectivity index (χ4n) is 4.00. The van der Waals surface area contributed by atoms with E-state index >= 15 is 0 Å². The van der Waals surface area contributed by atoms with Gasteiger partial charge in [0.2, 0.25) is 0 Å². The predicted molar refractivity (Wildman–Crippen MR) is 124 cm³/mol. The molecule has 5 nitrogen and oxygen atoms in total. The number of benzene rings is 2. The van der Waals surface area contributed by atoms with Crippen molar-refractivity contribution >= 4 is 39.0 Å². The Hall–Kier alpha value is -2.86. The zero-order valence-electron chi connectivity index (χ0n) is 17.7. The lowest BCUT2D eigenvalue weighted by Gasteiger charge is -2.11. The van der Waals surface area contributed by atoms with Crippen molar-refractivity contribution in [2.45, 2.75) is 45.4 Å². The van der Waals surface area contributed by atoms with Crippen molar-refractivity contribution in [3.8, 4) is 5.75 Å². The number of hydrogen-bond acceptors (Lipinski definition) is 5. The largest absolute Gasteiger partial charge is 0.484 e. The number of carbonyl (C=O) groups excluding carboxylic acids is 2. The van der Waals surface area contributed by atoms with E-state index in [1.165, 1.54) is 29.1 Å². The van der Waals surface area contributed by atoms with Crippen LogP contribution < -0.4 is 10.1 Å². The molecule has 1 N–H and O–H groups in total. The third kappa shape index (κ3) is 5.07. The molecule has 1 aliphatic rings. The molecule has 1 amide bonds. The quantitative estimate of drug-likeness (QED) is 0.498. The molecule has 0 bridgehead atoms. The average Bonchev–Trinajstić information content (AvgIpc) is 3.08. The maximum Gasteiger partial charge on any atom is 0.341 e. The number of anilines is 1. The van der Waals surface area contributed by atoms with Crippen molar-refractivity contribution in [3.05, 3.63) is 58.5 Å². The maximum absolute atomic E-state index is 12.7. The SMILES string of the molecule is CCOC(=O)c1c(NC(=O)COc2ccc3ccccc3c2)sc2c1CCCCCC2. The third-order valence-corrected chi connectivity index (χ3v) is 6.70. The molecule has 0 saturated carbocycles. The molecule has 0 saturated heterocycles. The number of thiophene rings is 1. The van der Waals surface area contributed by atoms with Crippen LogP contribution >= 0.6 is 11.3 Å². The van der Waals surface area contributed by atoms with E-state index in [2.05, 4.69) is 5.32 Å². The van der Waals surface area contributed by atoms with Crippen LogP contribution in [-0.4, -0.2) is 25.1 Å². The van der Waals surface area contributed by atoms with Crippen molar-refractivity contribution in [1.29, 1.82) is 0 Å². The van der Waals surface area contributed by atoms with Gasteiger partial charge in [0.15, 0.2) is 6.61 Å². The Morgan fingerprint density at radius 2 is 1.77 bits per heavy atom. The van der Waals surface area contributed by atoms with E-state index in [9.17, 15) is 9.59 Å². The van der Waals surface area contributed by atoms with Crippen molar-refractivity contribution in [2.24, 2.45) is 0 Å². The minimum atomic E-state index is -0.355. The lowest BCUT2D eigenvalue weighted by molar-refractivity contribution is -0.118. The van der Waals surface area contributed by atoms with Crippen LogP contribution in [0.15, 0.2) is 42.5 Å². The first kappa shape index (κ1) is 21.4. The minimum Gasteiger partial charge on any atom is -0.484 e. The van der Waals surface area contributed by atoms with Gasteiger partial charge in [-0.1, -0.05) is 43.2 Å². The zero-order valence-corrected chi connectivity index (χ0v) is 18.6. The van der Waals surface area contributed by atoms with Crippen molar-refractivity contribution in [3.63, 3.8) is 0 Å². The highest BCUT2D eigenvalue weighted by Gasteiger charge is 2.26. The molecule has 1 heterocycles. The molecule has 0 radical (unpaired) electrons. The average molecular weight is 438 g/mol. The molecule has 31 heavy (non-hydrogen) atoms. The topological polar surface area (TPSA) is 64.6 Å². The van der Waals surface area contributed by atoms with E-state index in [0.717, 1.165) is 42.0 Å². The standard InChI is InChI=1S/C25H27NO4S/c1-2-29-25(28)23-20-11-5-3-4-6-12-21(20)31-24(23)26-22(27)16-30-19-14-13-17-9-7-8-10-18(17)15-19/h7-10,13-15H,2-6,11-12,16H2,1H3,(H,26,27). The summed E-state index contributed by atoms with van der Waals surface area (Å²) in [6.45, 7) is 1.98. The second kappa shape index (κ2) is 9.96. The van der Waals surface area contributed by atoms with Crippen LogP contribution in [0.25, 0.3) is 10.8 Å². The predicted octanol–water partition coefficient (Wildman–Crippen LogP) is 5.75. The van der Waals surface area contributed by atoms with Crippen LogP contribution in [0.2, 0.25) is 0 Å². The first-order chi connectivity index (χ1) is 15.2. The summed E-state index contributed by atoms with van der Waals surface area (Å²) in [6, 6.07) is 13.8. The first-order valence-electron chi connectivity index (χ1n) is 10.9. The summed E-state index contributed by atoms with van der Waals surface area (Å²) in [6.07, 6.45) is 6.31. The first-order valence-corrected chi connectivity index (χ1v) is 11.7. The lowest BCUT2D eigenvalue weighted by Crippen LogP contribution is -2.21. The molecule has 162 valence electrons. The highest BCUT2D eigenvalue weighted by molar-refractivity contribution is 7.17. The van der Waals surface area contributed by atoms with Crippen LogP contribution in [0.4, 0.5) is 5.00 Å². The molecule has 1 aliphatic carbocycles. The molecule has 2 aromatic carbocycles. The number of hydrogen-bond donors (Lipinski definition) is 1. The van der Waals surface area contributed by atoms with Crippen molar-refractivity contribution < 1.29 is 19.1 Å². The van der Waals surface area contributed by atoms with Gasteiger partial charge < -0.3 is 14.8 Å². The number of aryl methyl sites for hydroxylation is 1. The molecule has 6 heteroatoms. The Kier molecular flexibility index (Phi) is 6.87. The van der Waals surface area contributed by atoms with Crippen molar-refractivity contribution in [2.75, 3.05) is 18.5 Å². The molecule has 0 fully saturated rings. The van der Waals surface area contributed by atoms with Gasteiger partial charge in [0, 0.05) is 4.88 Å². The second-order valence-corrected chi connectivity index (χ2v) is 8.79. The highest BCUT2D eigenvalue weighted by atomic mass is 32.1. The summed E-state index contributed by atoms with van der Waals surface area (Å²) in [4.78, 5) is 26.5. The summed E-state index contributed by atoms with van der Waals surface area (Å²) in [5.41, 5.74) is 1.58. The number of ether oxygens (including phenoxy) is 2. The Morgan fingerprint density at radius 3 is 2.58 bits per heavy atom. The van der Waals surface area contributed by atoms with Crippen LogP contribution in [0.1, 0.15) is 53.4 Å². The van der Waals surface area contributed by atoms with E-state index in [1.807, 2.05) is 42.5 Å². The molecule has 0 aliphatic heterocycles. The van der Waals surface area contributed by atoms with Gasteiger partial charge in [-0.3, -0.25) is 4.79 Å². The van der Waals surface area contributed by atoms with Crippen LogP contribution in [0, 0.1) is 0 Å². The Bertz CT molecular complexity index is 1090. The van der Waals surface area contributed by atoms with Gasteiger partial charge in [0.25, 0.3) is 5.91 Å². The van der Waals surface area contributed by atoms with E-state index in [4.69, 9.17) is 9.47 Å². The summed E-state index contributed by atoms with van der Waals surface area (Å²) in [7, 11) is 0. The summed E-state index contributed by atoms with van der Waals surface area (Å²) in [5.74, 6) is -0.00262. The number of rotatable bonds is 6. The number of carbonyl (C=O) groups is 2. The third-order valence-electron chi connectivity index (χ3n) is 5.49. The van der Waals surface area contributed by atoms with Crippen LogP contribution in [-0.2, 0) is 22.4 Å². The number of fused-ring (bicyclic) bond motifs is 2. The molecule has 1 aromatic heterocycles. The molecule has 0 unspecified atom stereocenters. The highest BCUT2D eigenvalue weighted by Crippen LogP contribution is 2.37. The normalized spacial score (nSPS) is 13.7. The second-order valence-electron chi connectivity index (χ2n) is 7.69. The Balaban J connectivity index is 1.49. The Labute approximate surface area is 186 Å². The van der Waals surface area contributed by atoms with Gasteiger partial charge >= 0.3 is 5.97 Å². The maximum atomic E-state index is 12.7. The van der Waals surface area contributed by atoms with Gasteiger partial charge in [-0.05, 0) is 61.1 Å². The minimum absolute atomic E-state index is 0.122. The monoisotopic (exact) mass is 437 g/mol. The molecule has 0 atom stereocenters. The van der Waals surface area contributed by atoms with Gasteiger partial charge in [0.1, 0.15) is 10.8 Å². The summed E-state index contributed by atoms with van der Waals surface area (Å²) in [5, 5.41) is 5.67. The van der Waals surface area contributed by atoms with E-state index < -0.39 is 0 Å². The molecular formula is C25H27NO4S. The van der Waals surface area contributed by atoms with E-state index in [-0.39, 0.29) is 18.5 Å². The lowest BCUT2D eigenvalue weighted by atomic mass is 9.96. The summed E-state index contributed by atoms with van der Waals surface area (Å²) < 4.78 is 11.0. The van der Waals surface area contributed by atoms with Crippen molar-refractivity contribution in [1.82, 2.24) is 0 Å². The fourth-order valence-corrected chi connectivity index (χ4v) is 5.29. The van der Waals surface area contributed by atoms with E-state index in [0.29, 0.717) is 22.9 Å². The molecular weight excluding hydrogens is 410 g/mol. The summed E-state index contributed by atoms with van der Waals surface area (Å²) >= 11 is 1.50. The fraction of sp³-hybridized carbons (Fsp3) is 0.360. The number of esters is 1. The smallest absolute Gasteiger partial charge is 0.341 e. The van der Waals surface area contributed by atoms with E-state index in [1.54, 1.807) is 6.92 Å². The van der Waals surface area contributed by atoms with Gasteiger partial charge in [-0.2, -0.15) is 0 Å². The zero-order chi connectivity index (χ0) is 21.6. The number of nitrogens with one attached hydrogen (secondary N) is 1. The van der Waals surface area contributed by atoms with Gasteiger partial charge in [0.05, 0.1) is 12.2 Å².